The van der Waals surface area contributed by atoms with Crippen LogP contribution in [0.5, 0.6) is 0 Å². The number of nitrogens with one attached hydrogen (secondary N) is 3. The van der Waals surface area contributed by atoms with Crippen LogP contribution in [0.3, 0.4) is 0 Å². The second-order valence-electron chi connectivity index (χ2n) is 11.7. The molecule has 4 rings (SSSR count). The van der Waals surface area contributed by atoms with Crippen molar-refractivity contribution in [2.24, 2.45) is 11.3 Å². The molecule has 234 valence electrons. The fourth-order valence-electron chi connectivity index (χ4n) is 5.02. The van der Waals surface area contributed by atoms with Crippen molar-refractivity contribution in [3.8, 4) is 11.3 Å². The third kappa shape index (κ3) is 9.10. The van der Waals surface area contributed by atoms with Crippen LogP contribution in [0.15, 0.2) is 48.7 Å². The highest BCUT2D eigenvalue weighted by molar-refractivity contribution is 5.86. The lowest BCUT2D eigenvalue weighted by molar-refractivity contribution is -0.126. The Morgan fingerprint density at radius 3 is 2.56 bits per heavy atom. The van der Waals surface area contributed by atoms with E-state index in [9.17, 15) is 19.5 Å². The highest BCUT2D eigenvalue weighted by atomic mass is 16.7. The summed E-state index contributed by atoms with van der Waals surface area (Å²) in [6, 6.07) is 12.5. The number of ether oxygens (including phenoxy) is 4. The van der Waals surface area contributed by atoms with E-state index in [2.05, 4.69) is 25.8 Å². The van der Waals surface area contributed by atoms with E-state index in [-0.39, 0.29) is 38.4 Å². The van der Waals surface area contributed by atoms with Gasteiger partial charge in [-0.25, -0.2) is 14.6 Å². The molecule has 0 aliphatic carbocycles. The van der Waals surface area contributed by atoms with Crippen molar-refractivity contribution in [1.29, 1.82) is 0 Å². The Kier molecular flexibility index (Phi) is 10.9. The number of methoxy groups -OCH3 is 1. The Morgan fingerprint density at radius 2 is 1.88 bits per heavy atom. The molecule has 0 bridgehead atoms. The summed E-state index contributed by atoms with van der Waals surface area (Å²) in [4.78, 5) is 42.0. The number of benzene rings is 1. The van der Waals surface area contributed by atoms with E-state index in [4.69, 9.17) is 14.2 Å². The average molecular weight is 600 g/mol. The first-order valence-electron chi connectivity index (χ1n) is 14.3. The second kappa shape index (κ2) is 14.6. The summed E-state index contributed by atoms with van der Waals surface area (Å²) in [5, 5.41) is 17.6. The summed E-state index contributed by atoms with van der Waals surface area (Å²) in [5.74, 6) is -0.496. The first-order chi connectivity index (χ1) is 20.5. The minimum Gasteiger partial charge on any atom is -0.453 e. The van der Waals surface area contributed by atoms with E-state index in [1.807, 2.05) is 42.5 Å². The molecule has 2 aliphatic heterocycles. The number of pyridine rings is 1. The summed E-state index contributed by atoms with van der Waals surface area (Å²) in [6.07, 6.45) is -0.813. The number of alkyl carbamates (subject to hydrolysis) is 1. The van der Waals surface area contributed by atoms with E-state index in [0.29, 0.717) is 6.61 Å². The summed E-state index contributed by atoms with van der Waals surface area (Å²) in [7, 11) is 1.22. The van der Waals surface area contributed by atoms with Crippen molar-refractivity contribution in [3.63, 3.8) is 0 Å². The molecule has 2 fully saturated rings. The molecular formula is C30H41N5O8. The molecule has 0 saturated carbocycles. The van der Waals surface area contributed by atoms with E-state index in [1.54, 1.807) is 27.0 Å². The van der Waals surface area contributed by atoms with E-state index < -0.39 is 41.8 Å². The van der Waals surface area contributed by atoms with Crippen molar-refractivity contribution in [2.45, 2.75) is 58.3 Å². The maximum atomic E-state index is 12.9. The quantitative estimate of drug-likeness (QED) is 0.282. The van der Waals surface area contributed by atoms with Crippen LogP contribution in [0.1, 0.15) is 32.8 Å². The van der Waals surface area contributed by atoms with Crippen molar-refractivity contribution >= 4 is 18.1 Å². The summed E-state index contributed by atoms with van der Waals surface area (Å²) in [6.45, 7) is 6.30. The number of nitrogens with zero attached hydrogens (tertiary/aromatic N) is 2. The molecule has 3 heterocycles. The Labute approximate surface area is 251 Å². The molecule has 3 amide bonds. The second-order valence-corrected chi connectivity index (χ2v) is 11.7. The van der Waals surface area contributed by atoms with Gasteiger partial charge in [0.1, 0.15) is 12.1 Å². The van der Waals surface area contributed by atoms with Gasteiger partial charge in [-0.05, 0) is 29.5 Å². The molecule has 43 heavy (non-hydrogen) atoms. The SMILES string of the molecule is COC(=O)NC(C(=O)NCC(O)CN(Cc1ccc(-c2ccccn2)cc1)NC(=O)OC1COC2OCCC12)C(C)(C)C. The van der Waals surface area contributed by atoms with Crippen LogP contribution in [-0.2, 0) is 30.3 Å². The van der Waals surface area contributed by atoms with E-state index >= 15 is 0 Å². The smallest absolute Gasteiger partial charge is 0.422 e. The number of aliphatic hydroxyl groups is 1. The zero-order valence-electron chi connectivity index (χ0n) is 24.9. The maximum Gasteiger partial charge on any atom is 0.422 e. The maximum absolute atomic E-state index is 12.9. The number of aliphatic hydroxyl groups excluding tert-OH is 1. The molecule has 0 radical (unpaired) electrons. The number of amides is 3. The fraction of sp³-hybridized carbons (Fsp3) is 0.533. The van der Waals surface area contributed by atoms with Gasteiger partial charge in [0.25, 0.3) is 0 Å². The van der Waals surface area contributed by atoms with Crippen LogP contribution in [0.2, 0.25) is 0 Å². The lowest BCUT2D eigenvalue weighted by Crippen LogP contribution is -2.55. The number of aromatic nitrogens is 1. The zero-order valence-corrected chi connectivity index (χ0v) is 24.9. The largest absolute Gasteiger partial charge is 0.453 e. The zero-order chi connectivity index (χ0) is 31.0. The van der Waals surface area contributed by atoms with Crippen LogP contribution >= 0.6 is 0 Å². The highest BCUT2D eigenvalue weighted by Crippen LogP contribution is 2.33. The van der Waals surface area contributed by atoms with Gasteiger partial charge in [0.05, 0.1) is 38.0 Å². The highest BCUT2D eigenvalue weighted by Gasteiger charge is 2.44. The first kappa shape index (κ1) is 32.1. The molecule has 1 aromatic heterocycles. The van der Waals surface area contributed by atoms with Crippen molar-refractivity contribution in [1.82, 2.24) is 26.1 Å². The lowest BCUT2D eigenvalue weighted by Gasteiger charge is -2.30. The normalized spacial score (nSPS) is 21.0. The Morgan fingerprint density at radius 1 is 1.12 bits per heavy atom. The topological polar surface area (TPSA) is 161 Å². The summed E-state index contributed by atoms with van der Waals surface area (Å²) in [5.41, 5.74) is 4.75. The molecule has 0 spiro atoms. The molecule has 5 atom stereocenters. The van der Waals surface area contributed by atoms with Crippen molar-refractivity contribution < 1.29 is 38.4 Å². The van der Waals surface area contributed by atoms with Crippen LogP contribution in [0, 0.1) is 11.3 Å². The first-order valence-corrected chi connectivity index (χ1v) is 14.3. The van der Waals surface area contributed by atoms with Gasteiger partial charge in [-0.15, -0.1) is 0 Å². The molecule has 13 heteroatoms. The van der Waals surface area contributed by atoms with Gasteiger partial charge in [0, 0.05) is 31.4 Å². The third-order valence-corrected chi connectivity index (χ3v) is 7.30. The molecule has 13 nitrogen and oxygen atoms in total. The minimum atomic E-state index is -1.07. The summed E-state index contributed by atoms with van der Waals surface area (Å²) >= 11 is 0. The van der Waals surface area contributed by atoms with Gasteiger partial charge < -0.3 is 34.7 Å². The Balaban J connectivity index is 1.39. The molecule has 2 aromatic rings. The van der Waals surface area contributed by atoms with Crippen LogP contribution in [-0.4, -0.2) is 91.1 Å². The number of carbonyl (C=O) groups excluding carboxylic acids is 3. The predicted molar refractivity (Wildman–Crippen MR) is 155 cm³/mol. The average Bonchev–Trinajstić information content (AvgIpc) is 3.60. The number of hydrogen-bond acceptors (Lipinski definition) is 10. The number of rotatable bonds is 11. The number of fused-ring (bicyclic) bond motifs is 1. The van der Waals surface area contributed by atoms with Crippen LogP contribution < -0.4 is 16.1 Å². The number of hydrogen-bond donors (Lipinski definition) is 4. The lowest BCUT2D eigenvalue weighted by atomic mass is 9.86. The number of carbonyl (C=O) groups is 3. The molecule has 1 aromatic carbocycles. The van der Waals surface area contributed by atoms with Gasteiger partial charge in [0.15, 0.2) is 6.29 Å². The fourth-order valence-corrected chi connectivity index (χ4v) is 5.02. The molecule has 2 saturated heterocycles. The Hall–Kier alpha value is -3.78. The van der Waals surface area contributed by atoms with Crippen LogP contribution in [0.4, 0.5) is 9.59 Å². The van der Waals surface area contributed by atoms with Gasteiger partial charge >= 0.3 is 12.2 Å². The molecular weight excluding hydrogens is 558 g/mol. The third-order valence-electron chi connectivity index (χ3n) is 7.30. The Bertz CT molecular complexity index is 1220. The molecule has 2 aliphatic rings. The molecule has 5 unspecified atom stereocenters. The number of hydrazine groups is 1. The monoisotopic (exact) mass is 599 g/mol. The minimum absolute atomic E-state index is 0.0199. The van der Waals surface area contributed by atoms with E-state index in [1.165, 1.54) is 12.1 Å². The van der Waals surface area contributed by atoms with Gasteiger partial charge in [-0.3, -0.25) is 15.2 Å². The van der Waals surface area contributed by atoms with Gasteiger partial charge in [0.2, 0.25) is 5.91 Å². The standard InChI is InChI=1S/C30H41N5O8/c1-30(2,3)25(33-28(38)40-4)26(37)32-15-21(36)17-35(34-29(39)43-24-18-42-27-22(24)12-14-41-27)16-19-8-10-20(11-9-19)23-7-5-6-13-31-23/h5-11,13,21-22,24-25,27,36H,12,14-18H2,1-4H3,(H,32,37)(H,33,38)(H,34,39). The predicted octanol–water partition coefficient (Wildman–Crippen LogP) is 2.20. The summed E-state index contributed by atoms with van der Waals surface area (Å²) < 4.78 is 21.4. The van der Waals surface area contributed by atoms with Crippen molar-refractivity contribution in [3.05, 3.63) is 54.2 Å². The van der Waals surface area contributed by atoms with Crippen LogP contribution in [0.25, 0.3) is 11.3 Å². The molecule has 4 N–H and O–H groups in total. The van der Waals surface area contributed by atoms with E-state index in [0.717, 1.165) is 23.2 Å². The van der Waals surface area contributed by atoms with Gasteiger partial charge in [-0.1, -0.05) is 51.1 Å². The van der Waals surface area contributed by atoms with Crippen molar-refractivity contribution in [2.75, 3.05) is 33.4 Å². The van der Waals surface area contributed by atoms with Gasteiger partial charge in [-0.2, -0.15) is 0 Å².